The summed E-state index contributed by atoms with van der Waals surface area (Å²) in [4.78, 5) is 24.2. The molecule has 1 fully saturated rings. The summed E-state index contributed by atoms with van der Waals surface area (Å²) in [7, 11) is -2.05. The number of urea groups is 1. The first-order chi connectivity index (χ1) is 13.7. The minimum atomic E-state index is -3.46. The molecule has 154 valence electrons. The first kappa shape index (κ1) is 20.5. The fourth-order valence-corrected chi connectivity index (χ4v) is 3.11. The Morgan fingerprint density at radius 3 is 2.24 bits per heavy atom. The lowest BCUT2D eigenvalue weighted by Gasteiger charge is -2.12. The monoisotopic (exact) mass is 418 g/mol. The largest absolute Gasteiger partial charge is 0.494 e. The molecular formula is C19H22N4O5S. The van der Waals surface area contributed by atoms with Crippen molar-refractivity contribution in [2.75, 3.05) is 28.7 Å². The van der Waals surface area contributed by atoms with Gasteiger partial charge in [0, 0.05) is 29.0 Å². The van der Waals surface area contributed by atoms with Crippen LogP contribution in [0.15, 0.2) is 42.5 Å². The van der Waals surface area contributed by atoms with Crippen molar-refractivity contribution in [1.29, 1.82) is 0 Å². The molecule has 1 saturated carbocycles. The molecule has 1 aliphatic carbocycles. The summed E-state index contributed by atoms with van der Waals surface area (Å²) in [6.07, 6.45) is 3.04. The number of ether oxygens (including phenoxy) is 1. The van der Waals surface area contributed by atoms with Crippen LogP contribution >= 0.6 is 0 Å². The molecule has 0 aromatic heterocycles. The van der Waals surface area contributed by atoms with Gasteiger partial charge in [-0.3, -0.25) is 9.52 Å². The van der Waals surface area contributed by atoms with Gasteiger partial charge >= 0.3 is 6.03 Å². The number of methoxy groups -OCH3 is 1. The van der Waals surface area contributed by atoms with Crippen molar-refractivity contribution in [3.8, 4) is 5.75 Å². The molecule has 0 heterocycles. The molecule has 0 spiro atoms. The van der Waals surface area contributed by atoms with Crippen molar-refractivity contribution in [3.63, 3.8) is 0 Å². The van der Waals surface area contributed by atoms with Crippen molar-refractivity contribution in [1.82, 2.24) is 5.32 Å². The van der Waals surface area contributed by atoms with E-state index in [-0.39, 0.29) is 29.4 Å². The Balaban J connectivity index is 1.64. The van der Waals surface area contributed by atoms with E-state index in [2.05, 4.69) is 20.7 Å². The first-order valence-corrected chi connectivity index (χ1v) is 10.8. The summed E-state index contributed by atoms with van der Waals surface area (Å²) >= 11 is 0. The summed E-state index contributed by atoms with van der Waals surface area (Å²) in [6.45, 7) is 0. The Kier molecular flexibility index (Phi) is 5.92. The number of carbonyl (C=O) groups excluding carboxylic acids is 2. The zero-order chi connectivity index (χ0) is 21.0. The third kappa shape index (κ3) is 6.11. The van der Waals surface area contributed by atoms with Gasteiger partial charge < -0.3 is 20.7 Å². The highest BCUT2D eigenvalue weighted by atomic mass is 32.2. The highest BCUT2D eigenvalue weighted by Gasteiger charge is 2.23. The zero-order valence-corrected chi connectivity index (χ0v) is 16.8. The summed E-state index contributed by atoms with van der Waals surface area (Å²) in [5.74, 6) is -0.0840. The fraction of sp³-hybridized carbons (Fsp3) is 0.263. The van der Waals surface area contributed by atoms with Crippen molar-refractivity contribution >= 4 is 39.0 Å². The second-order valence-electron chi connectivity index (χ2n) is 6.69. The smallest absolute Gasteiger partial charge is 0.319 e. The maximum Gasteiger partial charge on any atom is 0.319 e. The van der Waals surface area contributed by atoms with Gasteiger partial charge in [-0.2, -0.15) is 0 Å². The molecule has 9 nitrogen and oxygen atoms in total. The van der Waals surface area contributed by atoms with Gasteiger partial charge in [-0.15, -0.1) is 0 Å². The standard InChI is InChI=1S/C19H22N4O5S/c1-28-17-11-15(9-10-16(17)23-29(2,26)27)20-18(24)12-3-5-13(6-4-12)21-19(25)22-14-7-8-14/h3-6,9-11,14,23H,7-8H2,1-2H3,(H,20,24)(H2,21,22,25). The minimum absolute atomic E-state index is 0.260. The topological polar surface area (TPSA) is 126 Å². The normalized spacial score (nSPS) is 13.3. The van der Waals surface area contributed by atoms with Crippen LogP contribution in [-0.4, -0.2) is 39.8 Å². The first-order valence-electron chi connectivity index (χ1n) is 8.88. The van der Waals surface area contributed by atoms with Gasteiger partial charge in [0.25, 0.3) is 5.91 Å². The van der Waals surface area contributed by atoms with Gasteiger partial charge in [0.15, 0.2) is 0 Å². The van der Waals surface area contributed by atoms with E-state index in [1.54, 1.807) is 30.3 Å². The van der Waals surface area contributed by atoms with Crippen molar-refractivity contribution in [2.45, 2.75) is 18.9 Å². The van der Waals surface area contributed by atoms with Crippen LogP contribution in [0.4, 0.5) is 21.9 Å². The van der Waals surface area contributed by atoms with E-state index >= 15 is 0 Å². The number of anilines is 3. The summed E-state index contributed by atoms with van der Waals surface area (Å²) in [5.41, 5.74) is 1.69. The van der Waals surface area contributed by atoms with E-state index in [0.29, 0.717) is 16.9 Å². The Morgan fingerprint density at radius 2 is 1.66 bits per heavy atom. The lowest BCUT2D eigenvalue weighted by atomic mass is 10.2. The highest BCUT2D eigenvalue weighted by Crippen LogP contribution is 2.29. The molecule has 2 aromatic rings. The van der Waals surface area contributed by atoms with E-state index in [1.165, 1.54) is 19.2 Å². The molecule has 4 N–H and O–H groups in total. The fourth-order valence-electron chi connectivity index (χ4n) is 2.54. The van der Waals surface area contributed by atoms with E-state index in [9.17, 15) is 18.0 Å². The number of benzene rings is 2. The molecule has 10 heteroatoms. The summed E-state index contributed by atoms with van der Waals surface area (Å²) in [5, 5.41) is 8.25. The highest BCUT2D eigenvalue weighted by molar-refractivity contribution is 7.92. The molecule has 3 rings (SSSR count). The Morgan fingerprint density at radius 1 is 1.00 bits per heavy atom. The van der Waals surface area contributed by atoms with Crippen molar-refractivity contribution < 1.29 is 22.7 Å². The van der Waals surface area contributed by atoms with Gasteiger partial charge in [-0.25, -0.2) is 13.2 Å². The molecule has 3 amide bonds. The number of nitrogens with one attached hydrogen (secondary N) is 4. The number of carbonyl (C=O) groups is 2. The van der Waals surface area contributed by atoms with Gasteiger partial charge in [0.05, 0.1) is 19.1 Å². The maximum absolute atomic E-state index is 12.5. The molecule has 0 bridgehead atoms. The van der Waals surface area contributed by atoms with Crippen LogP contribution in [0.5, 0.6) is 5.75 Å². The van der Waals surface area contributed by atoms with Crippen LogP contribution in [-0.2, 0) is 10.0 Å². The number of amides is 3. The van der Waals surface area contributed by atoms with E-state index in [4.69, 9.17) is 4.74 Å². The summed E-state index contributed by atoms with van der Waals surface area (Å²) < 4.78 is 30.3. The zero-order valence-electron chi connectivity index (χ0n) is 16.0. The molecule has 0 unspecified atom stereocenters. The summed E-state index contributed by atoms with van der Waals surface area (Å²) in [6, 6.07) is 11.0. The third-order valence-electron chi connectivity index (χ3n) is 4.07. The molecule has 29 heavy (non-hydrogen) atoms. The molecule has 0 atom stereocenters. The number of rotatable bonds is 7. The van der Waals surface area contributed by atoms with Crippen LogP contribution < -0.4 is 25.4 Å². The Bertz CT molecular complexity index is 1020. The van der Waals surface area contributed by atoms with Gasteiger partial charge in [-0.1, -0.05) is 0 Å². The SMILES string of the molecule is COc1cc(NC(=O)c2ccc(NC(=O)NC3CC3)cc2)ccc1NS(C)(=O)=O. The second-order valence-corrected chi connectivity index (χ2v) is 8.44. The van der Waals surface area contributed by atoms with Crippen LogP contribution in [0.1, 0.15) is 23.2 Å². The maximum atomic E-state index is 12.5. The van der Waals surface area contributed by atoms with E-state index in [0.717, 1.165) is 19.1 Å². The minimum Gasteiger partial charge on any atom is -0.494 e. The quantitative estimate of drug-likeness (QED) is 0.550. The Labute approximate surface area is 168 Å². The van der Waals surface area contributed by atoms with Gasteiger partial charge in [0.1, 0.15) is 5.75 Å². The van der Waals surface area contributed by atoms with Crippen LogP contribution in [0.3, 0.4) is 0 Å². The molecule has 2 aromatic carbocycles. The van der Waals surface area contributed by atoms with Crippen LogP contribution in [0, 0.1) is 0 Å². The van der Waals surface area contributed by atoms with Crippen molar-refractivity contribution in [3.05, 3.63) is 48.0 Å². The molecule has 1 aliphatic rings. The average Bonchev–Trinajstić information content (AvgIpc) is 3.46. The molecule has 0 aliphatic heterocycles. The van der Waals surface area contributed by atoms with Crippen molar-refractivity contribution in [2.24, 2.45) is 0 Å². The Hall–Kier alpha value is -3.27. The molecule has 0 radical (unpaired) electrons. The second kappa shape index (κ2) is 8.39. The van der Waals surface area contributed by atoms with Crippen LogP contribution in [0.2, 0.25) is 0 Å². The molecule has 0 saturated heterocycles. The molecular weight excluding hydrogens is 396 g/mol. The predicted octanol–water partition coefficient (Wildman–Crippen LogP) is 2.60. The third-order valence-corrected chi connectivity index (χ3v) is 4.66. The lowest BCUT2D eigenvalue weighted by Crippen LogP contribution is -2.30. The lowest BCUT2D eigenvalue weighted by molar-refractivity contribution is 0.102. The van der Waals surface area contributed by atoms with E-state index in [1.807, 2.05) is 0 Å². The predicted molar refractivity (Wildman–Crippen MR) is 111 cm³/mol. The van der Waals surface area contributed by atoms with Gasteiger partial charge in [-0.05, 0) is 49.2 Å². The van der Waals surface area contributed by atoms with Crippen LogP contribution in [0.25, 0.3) is 0 Å². The van der Waals surface area contributed by atoms with E-state index < -0.39 is 10.0 Å². The number of sulfonamides is 1. The van der Waals surface area contributed by atoms with Gasteiger partial charge in [0.2, 0.25) is 10.0 Å². The number of hydrogen-bond donors (Lipinski definition) is 4. The average molecular weight is 418 g/mol. The number of hydrogen-bond acceptors (Lipinski definition) is 5.